The third kappa shape index (κ3) is 4.90. The van der Waals surface area contributed by atoms with E-state index < -0.39 is 8.07 Å². The monoisotopic (exact) mass is 684 g/mol. The predicted molar refractivity (Wildman–Crippen MR) is 200 cm³/mol. The second kappa shape index (κ2) is 12.1. The van der Waals surface area contributed by atoms with Gasteiger partial charge in [-0.25, -0.2) is 0 Å². The molecule has 46 heavy (non-hydrogen) atoms. The van der Waals surface area contributed by atoms with E-state index in [0.29, 0.717) is 0 Å². The van der Waals surface area contributed by atoms with E-state index in [9.17, 15) is 0 Å². The van der Waals surface area contributed by atoms with Gasteiger partial charge >= 0.3 is 26.2 Å². The van der Waals surface area contributed by atoms with Gasteiger partial charge in [-0.15, -0.1) is 67.3 Å². The van der Waals surface area contributed by atoms with Gasteiger partial charge < -0.3 is 0 Å². The van der Waals surface area contributed by atoms with E-state index in [-0.39, 0.29) is 26.2 Å². The molecule has 0 N–H and O–H groups in total. The van der Waals surface area contributed by atoms with Crippen molar-refractivity contribution in [1.29, 1.82) is 0 Å². The summed E-state index contributed by atoms with van der Waals surface area (Å²) in [6, 6.07) is 50.7. The Balaban J connectivity index is 0.00000338. The molecule has 0 nitrogen and oxygen atoms in total. The van der Waals surface area contributed by atoms with Crippen LogP contribution in [0.2, 0.25) is 13.1 Å². The maximum absolute atomic E-state index is 2.60. The largest absolute Gasteiger partial charge is 2.00 e. The average Bonchev–Trinajstić information content (AvgIpc) is 3.67. The third-order valence-corrected chi connectivity index (χ3v) is 13.7. The Morgan fingerprint density at radius 3 is 1.26 bits per heavy atom. The second-order valence-corrected chi connectivity index (χ2v) is 17.4. The fourth-order valence-corrected chi connectivity index (χ4v) is 11.8. The Labute approximate surface area is 292 Å². The molecule has 0 aliphatic heterocycles. The molecule has 0 bridgehead atoms. The molecule has 8 aromatic carbocycles. The van der Waals surface area contributed by atoms with Gasteiger partial charge in [-0.1, -0.05) is 158 Å². The molecule has 222 valence electrons. The first-order chi connectivity index (χ1) is 22.0. The van der Waals surface area contributed by atoms with Gasteiger partial charge in [0.15, 0.2) is 0 Å². The number of fused-ring (bicyclic) bond motifs is 4. The number of benzene rings is 6. The minimum atomic E-state index is -2.36. The average molecular weight is 686 g/mol. The molecule has 0 spiro atoms. The van der Waals surface area contributed by atoms with Crippen molar-refractivity contribution in [3.05, 3.63) is 145 Å². The number of aryl methyl sites for hydroxylation is 2. The van der Waals surface area contributed by atoms with Crippen LogP contribution in [0.3, 0.4) is 0 Å². The van der Waals surface area contributed by atoms with Gasteiger partial charge in [-0.3, -0.25) is 0 Å². The van der Waals surface area contributed by atoms with Crippen molar-refractivity contribution in [3.63, 3.8) is 0 Å². The molecule has 0 aliphatic rings. The molecular formula is C44H38SiZr. The maximum Gasteiger partial charge on any atom is 2.00 e. The first kappa shape index (κ1) is 30.8. The van der Waals surface area contributed by atoms with Gasteiger partial charge in [-0.2, -0.15) is 0 Å². The zero-order valence-corrected chi connectivity index (χ0v) is 30.6. The molecule has 8 aromatic rings. The smallest absolute Gasteiger partial charge is 0.137 e. The molecule has 0 amide bonds. The summed E-state index contributed by atoms with van der Waals surface area (Å²) in [4.78, 5) is 0. The van der Waals surface area contributed by atoms with E-state index in [1.165, 1.54) is 76.5 Å². The standard InChI is InChI=1S/C44H38Si.Zr/c1-5-29-23-31-15-7-11-19-35(31)39(25-29)41-27-33-17-9-13-21-37(33)43(41)45(3,4)44-38-22-14-10-18-34(38)28-42(44)40-26-30(6-2)24-32-16-8-12-20-36(32)40;/h7-28H,5-6H2,1-4H3;/q-2;+2. The number of hydrogen-bond acceptors (Lipinski definition) is 0. The SMILES string of the molecule is CCc1cc(-c2[cH-]c3ccccc3c2[Si](C)(C)c2c(-c3cc(CC)cc4ccccc34)[cH-]c3ccccc23)c2ccccc2c1.[Zr+2]. The molecule has 0 heterocycles. The summed E-state index contributed by atoms with van der Waals surface area (Å²) in [5.41, 5.74) is 8.33. The Hall–Kier alpha value is -3.84. The predicted octanol–water partition coefficient (Wildman–Crippen LogP) is 11.0. The first-order valence-corrected chi connectivity index (χ1v) is 19.4. The van der Waals surface area contributed by atoms with Crippen LogP contribution in [0.25, 0.3) is 65.3 Å². The quantitative estimate of drug-likeness (QED) is 0.121. The van der Waals surface area contributed by atoms with E-state index in [4.69, 9.17) is 0 Å². The molecule has 0 saturated heterocycles. The summed E-state index contributed by atoms with van der Waals surface area (Å²) >= 11 is 0. The molecule has 0 fully saturated rings. The fraction of sp³-hybridized carbons (Fsp3) is 0.136. The fourth-order valence-electron chi connectivity index (χ4n) is 7.94. The summed E-state index contributed by atoms with van der Waals surface area (Å²) in [6.07, 6.45) is 2.04. The van der Waals surface area contributed by atoms with Gasteiger partial charge in [0, 0.05) is 8.07 Å². The second-order valence-electron chi connectivity index (χ2n) is 13.1. The van der Waals surface area contributed by atoms with E-state index in [1.54, 1.807) is 10.4 Å². The molecule has 0 saturated carbocycles. The van der Waals surface area contributed by atoms with Gasteiger partial charge in [0.2, 0.25) is 0 Å². The molecular weight excluding hydrogens is 648 g/mol. The van der Waals surface area contributed by atoms with Crippen LogP contribution < -0.4 is 10.4 Å². The topological polar surface area (TPSA) is 0 Å². The van der Waals surface area contributed by atoms with Crippen LogP contribution in [0, 0.1) is 0 Å². The Kier molecular flexibility index (Phi) is 8.08. The van der Waals surface area contributed by atoms with Crippen LogP contribution in [-0.2, 0) is 39.0 Å². The summed E-state index contributed by atoms with van der Waals surface area (Å²) in [5, 5.41) is 13.9. The molecule has 8 rings (SSSR count). The summed E-state index contributed by atoms with van der Waals surface area (Å²) in [5.74, 6) is 0. The van der Waals surface area contributed by atoms with Crippen molar-refractivity contribution in [2.75, 3.05) is 0 Å². The van der Waals surface area contributed by atoms with Crippen molar-refractivity contribution in [1.82, 2.24) is 0 Å². The van der Waals surface area contributed by atoms with Crippen molar-refractivity contribution in [2.24, 2.45) is 0 Å². The van der Waals surface area contributed by atoms with E-state index in [0.717, 1.165) is 12.8 Å². The zero-order valence-electron chi connectivity index (χ0n) is 27.1. The minimum Gasteiger partial charge on any atom is -0.137 e. The normalized spacial score (nSPS) is 11.9. The third-order valence-electron chi connectivity index (χ3n) is 10.1. The van der Waals surface area contributed by atoms with Crippen molar-refractivity contribution >= 4 is 61.5 Å². The number of rotatable bonds is 6. The Bertz CT molecular complexity index is 2210. The molecule has 0 radical (unpaired) electrons. The Morgan fingerprint density at radius 2 is 0.848 bits per heavy atom. The van der Waals surface area contributed by atoms with Crippen LogP contribution in [0.1, 0.15) is 25.0 Å². The van der Waals surface area contributed by atoms with Crippen molar-refractivity contribution in [2.45, 2.75) is 39.8 Å². The summed E-state index contributed by atoms with van der Waals surface area (Å²) in [6.45, 7) is 9.74. The van der Waals surface area contributed by atoms with Crippen LogP contribution in [0.15, 0.2) is 133 Å². The van der Waals surface area contributed by atoms with Gasteiger partial charge in [0.05, 0.1) is 0 Å². The summed E-state index contributed by atoms with van der Waals surface area (Å²) in [7, 11) is -2.36. The Morgan fingerprint density at radius 1 is 0.478 bits per heavy atom. The van der Waals surface area contributed by atoms with Crippen LogP contribution >= 0.6 is 0 Å². The van der Waals surface area contributed by atoms with E-state index in [1.807, 2.05) is 0 Å². The van der Waals surface area contributed by atoms with Gasteiger partial charge in [-0.05, 0) is 34.4 Å². The van der Waals surface area contributed by atoms with Crippen LogP contribution in [0.4, 0.5) is 0 Å². The molecule has 0 unspecified atom stereocenters. The van der Waals surface area contributed by atoms with E-state index in [2.05, 4.69) is 160 Å². The molecule has 0 atom stereocenters. The summed E-state index contributed by atoms with van der Waals surface area (Å²) < 4.78 is 0. The van der Waals surface area contributed by atoms with E-state index >= 15 is 0 Å². The van der Waals surface area contributed by atoms with Gasteiger partial charge in [0.25, 0.3) is 0 Å². The van der Waals surface area contributed by atoms with Gasteiger partial charge in [0.1, 0.15) is 0 Å². The maximum atomic E-state index is 2.60. The molecule has 2 heteroatoms. The zero-order chi connectivity index (χ0) is 30.7. The minimum absolute atomic E-state index is 0. The van der Waals surface area contributed by atoms with Crippen molar-refractivity contribution < 1.29 is 26.2 Å². The molecule has 0 aromatic heterocycles. The first-order valence-electron chi connectivity index (χ1n) is 16.4. The van der Waals surface area contributed by atoms with Crippen molar-refractivity contribution in [3.8, 4) is 22.3 Å². The number of hydrogen-bond donors (Lipinski definition) is 0. The molecule has 0 aliphatic carbocycles. The van der Waals surface area contributed by atoms with Crippen LogP contribution in [0.5, 0.6) is 0 Å². The van der Waals surface area contributed by atoms with Crippen LogP contribution in [-0.4, -0.2) is 8.07 Å².